The Balaban J connectivity index is 2.51. The zero-order valence-corrected chi connectivity index (χ0v) is 11.6. The van der Waals surface area contributed by atoms with Gasteiger partial charge in [-0.1, -0.05) is 20.3 Å². The number of hydrogen-bond acceptors (Lipinski definition) is 4. The maximum Gasteiger partial charge on any atom is 0.328 e. The summed E-state index contributed by atoms with van der Waals surface area (Å²) in [4.78, 5) is 23.6. The first-order chi connectivity index (χ1) is 8.54. The van der Waals surface area contributed by atoms with E-state index in [9.17, 15) is 9.59 Å². The third-order valence-electron chi connectivity index (χ3n) is 3.42. The maximum absolute atomic E-state index is 11.9. The van der Waals surface area contributed by atoms with Crippen LogP contribution in [0.15, 0.2) is 0 Å². The normalized spacial score (nSPS) is 25.1. The average Bonchev–Trinajstić information content (AvgIpc) is 3.13. The fourth-order valence-electron chi connectivity index (χ4n) is 1.90. The summed E-state index contributed by atoms with van der Waals surface area (Å²) >= 11 is 0. The summed E-state index contributed by atoms with van der Waals surface area (Å²) in [5.41, 5.74) is 0. The first-order valence-electron chi connectivity index (χ1n) is 6.54. The molecule has 0 aromatic rings. The number of carbonyl (C=O) groups is 2. The molecule has 0 aliphatic heterocycles. The summed E-state index contributed by atoms with van der Waals surface area (Å²) in [6.45, 7) is 6.42. The Hall–Kier alpha value is -1.10. The minimum absolute atomic E-state index is 0.0187. The molecule has 0 spiro atoms. The molecule has 0 unspecified atom stereocenters. The molecule has 0 heterocycles. The number of hydrogen-bond donors (Lipinski definition) is 1. The van der Waals surface area contributed by atoms with Gasteiger partial charge in [-0.2, -0.15) is 0 Å². The van der Waals surface area contributed by atoms with E-state index < -0.39 is 6.04 Å². The van der Waals surface area contributed by atoms with E-state index in [0.29, 0.717) is 6.61 Å². The van der Waals surface area contributed by atoms with Crippen LogP contribution in [0.3, 0.4) is 0 Å². The van der Waals surface area contributed by atoms with Gasteiger partial charge in [-0.3, -0.25) is 4.79 Å². The van der Waals surface area contributed by atoms with Crippen molar-refractivity contribution in [3.05, 3.63) is 0 Å². The molecular weight excluding hydrogens is 234 g/mol. The number of amides is 1. The number of nitrogens with one attached hydrogen (secondary N) is 1. The van der Waals surface area contributed by atoms with E-state index in [2.05, 4.69) is 5.32 Å². The number of ether oxygens (including phenoxy) is 2. The van der Waals surface area contributed by atoms with Gasteiger partial charge in [0.15, 0.2) is 0 Å². The molecule has 18 heavy (non-hydrogen) atoms. The van der Waals surface area contributed by atoms with Gasteiger partial charge in [-0.25, -0.2) is 4.79 Å². The lowest BCUT2D eigenvalue weighted by Crippen LogP contribution is -2.46. The van der Waals surface area contributed by atoms with Gasteiger partial charge in [0.05, 0.1) is 19.1 Å². The van der Waals surface area contributed by atoms with Crippen LogP contribution < -0.4 is 5.32 Å². The van der Waals surface area contributed by atoms with E-state index in [-0.39, 0.29) is 29.8 Å². The molecule has 0 saturated heterocycles. The van der Waals surface area contributed by atoms with Crippen molar-refractivity contribution in [2.24, 2.45) is 11.8 Å². The number of carbonyl (C=O) groups excluding carboxylic acids is 2. The van der Waals surface area contributed by atoms with E-state index in [4.69, 9.17) is 9.47 Å². The number of rotatable bonds is 7. The maximum atomic E-state index is 11.9. The van der Waals surface area contributed by atoms with Gasteiger partial charge in [-0.05, 0) is 19.3 Å². The second-order valence-corrected chi connectivity index (χ2v) is 4.73. The topological polar surface area (TPSA) is 64.6 Å². The van der Waals surface area contributed by atoms with Crippen LogP contribution in [0, 0.1) is 11.8 Å². The molecule has 4 atom stereocenters. The first kappa shape index (κ1) is 15.0. The quantitative estimate of drug-likeness (QED) is 0.694. The SMILES string of the molecule is CCO[C@@H]1C[C@@H]1C(=O)N[C@H](C(=O)OC)[C@@H](C)CC. The molecule has 1 saturated carbocycles. The molecule has 104 valence electrons. The van der Waals surface area contributed by atoms with Gasteiger partial charge in [0.25, 0.3) is 0 Å². The van der Waals surface area contributed by atoms with E-state index in [1.54, 1.807) is 0 Å². The Labute approximate surface area is 108 Å². The number of esters is 1. The summed E-state index contributed by atoms with van der Waals surface area (Å²) in [6, 6.07) is -0.560. The smallest absolute Gasteiger partial charge is 0.328 e. The minimum Gasteiger partial charge on any atom is -0.467 e. The van der Waals surface area contributed by atoms with E-state index >= 15 is 0 Å². The zero-order valence-electron chi connectivity index (χ0n) is 11.6. The molecule has 0 aromatic heterocycles. The second kappa shape index (κ2) is 6.73. The highest BCUT2D eigenvalue weighted by molar-refractivity contribution is 5.87. The van der Waals surface area contributed by atoms with Gasteiger partial charge in [0.2, 0.25) is 5.91 Å². The van der Waals surface area contributed by atoms with E-state index in [1.165, 1.54) is 7.11 Å². The molecule has 1 fully saturated rings. The minimum atomic E-state index is -0.560. The van der Waals surface area contributed by atoms with Crippen LogP contribution in [-0.2, 0) is 19.1 Å². The summed E-state index contributed by atoms with van der Waals surface area (Å²) in [7, 11) is 1.34. The summed E-state index contributed by atoms with van der Waals surface area (Å²) in [5.74, 6) is -0.540. The third kappa shape index (κ3) is 3.70. The van der Waals surface area contributed by atoms with Gasteiger partial charge < -0.3 is 14.8 Å². The lowest BCUT2D eigenvalue weighted by atomic mass is 9.99. The highest BCUT2D eigenvalue weighted by Crippen LogP contribution is 2.34. The van der Waals surface area contributed by atoms with Crippen molar-refractivity contribution in [1.82, 2.24) is 5.32 Å². The molecule has 5 nitrogen and oxygen atoms in total. The molecule has 5 heteroatoms. The Bertz CT molecular complexity index is 305. The van der Waals surface area contributed by atoms with Crippen molar-refractivity contribution < 1.29 is 19.1 Å². The summed E-state index contributed by atoms with van der Waals surface area (Å²) in [6.07, 6.45) is 1.57. The third-order valence-corrected chi connectivity index (χ3v) is 3.42. The molecule has 0 aromatic carbocycles. The lowest BCUT2D eigenvalue weighted by molar-refractivity contribution is -0.146. The van der Waals surface area contributed by atoms with Crippen molar-refractivity contribution in [1.29, 1.82) is 0 Å². The number of methoxy groups -OCH3 is 1. The molecule has 0 bridgehead atoms. The monoisotopic (exact) mass is 257 g/mol. The average molecular weight is 257 g/mol. The Morgan fingerprint density at radius 2 is 2.06 bits per heavy atom. The largest absolute Gasteiger partial charge is 0.467 e. The zero-order chi connectivity index (χ0) is 13.7. The molecule has 1 rings (SSSR count). The van der Waals surface area contributed by atoms with E-state index in [1.807, 2.05) is 20.8 Å². The molecule has 1 aliphatic carbocycles. The molecule has 1 amide bonds. The standard InChI is InChI=1S/C13H23NO4/c1-5-8(3)11(13(16)17-4)14-12(15)9-7-10(9)18-6-2/h8-11H,5-7H2,1-4H3,(H,14,15)/t8-,9-,10+,11-/m0/s1. The predicted molar refractivity (Wildman–Crippen MR) is 66.9 cm³/mol. The van der Waals surface area contributed by atoms with Crippen LogP contribution in [0.1, 0.15) is 33.6 Å². The molecule has 1 N–H and O–H groups in total. The van der Waals surface area contributed by atoms with Gasteiger partial charge in [-0.15, -0.1) is 0 Å². The Morgan fingerprint density at radius 1 is 1.39 bits per heavy atom. The van der Waals surface area contributed by atoms with Crippen LogP contribution in [0.2, 0.25) is 0 Å². The van der Waals surface area contributed by atoms with Gasteiger partial charge >= 0.3 is 5.97 Å². The van der Waals surface area contributed by atoms with Crippen molar-refractivity contribution in [2.45, 2.75) is 45.8 Å². The van der Waals surface area contributed by atoms with Crippen LogP contribution >= 0.6 is 0 Å². The lowest BCUT2D eigenvalue weighted by Gasteiger charge is -2.21. The van der Waals surface area contributed by atoms with Crippen LogP contribution in [-0.4, -0.2) is 37.7 Å². The van der Waals surface area contributed by atoms with Crippen molar-refractivity contribution in [3.8, 4) is 0 Å². The summed E-state index contributed by atoms with van der Waals surface area (Å²) < 4.78 is 10.1. The van der Waals surface area contributed by atoms with Crippen molar-refractivity contribution in [2.75, 3.05) is 13.7 Å². The van der Waals surface area contributed by atoms with Gasteiger partial charge in [0, 0.05) is 6.61 Å². The fraction of sp³-hybridized carbons (Fsp3) is 0.846. The van der Waals surface area contributed by atoms with Crippen LogP contribution in [0.5, 0.6) is 0 Å². The Kier molecular flexibility index (Phi) is 5.59. The molecule has 0 radical (unpaired) electrons. The Morgan fingerprint density at radius 3 is 2.56 bits per heavy atom. The highest BCUT2D eigenvalue weighted by atomic mass is 16.5. The first-order valence-corrected chi connectivity index (χ1v) is 6.54. The van der Waals surface area contributed by atoms with Gasteiger partial charge in [0.1, 0.15) is 6.04 Å². The van der Waals surface area contributed by atoms with E-state index in [0.717, 1.165) is 12.8 Å². The summed E-state index contributed by atoms with van der Waals surface area (Å²) in [5, 5.41) is 2.78. The fourth-order valence-corrected chi connectivity index (χ4v) is 1.90. The van der Waals surface area contributed by atoms with Crippen LogP contribution in [0.4, 0.5) is 0 Å². The predicted octanol–water partition coefficient (Wildman–Crippen LogP) is 1.12. The van der Waals surface area contributed by atoms with Crippen LogP contribution in [0.25, 0.3) is 0 Å². The van der Waals surface area contributed by atoms with Crippen molar-refractivity contribution in [3.63, 3.8) is 0 Å². The highest BCUT2D eigenvalue weighted by Gasteiger charge is 2.45. The van der Waals surface area contributed by atoms with Crippen molar-refractivity contribution >= 4 is 11.9 Å². The molecular formula is C13H23NO4. The second-order valence-electron chi connectivity index (χ2n) is 4.73. The molecule has 1 aliphatic rings.